The van der Waals surface area contributed by atoms with Gasteiger partial charge >= 0.3 is 5.97 Å². The zero-order valence-electron chi connectivity index (χ0n) is 34.2. The van der Waals surface area contributed by atoms with Gasteiger partial charge in [0.1, 0.15) is 24.8 Å². The van der Waals surface area contributed by atoms with Gasteiger partial charge in [0.25, 0.3) is 8.53 Å². The molecule has 1 aromatic carbocycles. The highest BCUT2D eigenvalue weighted by Gasteiger charge is 2.45. The van der Waals surface area contributed by atoms with Crippen LogP contribution in [0.3, 0.4) is 0 Å². The molecule has 0 aliphatic carbocycles. The molecule has 1 saturated heterocycles. The molecule has 2 N–H and O–H groups in total. The van der Waals surface area contributed by atoms with E-state index in [1.807, 2.05) is 52.0 Å². The number of rotatable bonds is 22. The van der Waals surface area contributed by atoms with E-state index in [0.717, 1.165) is 21.7 Å². The Kier molecular flexibility index (Phi) is 19.2. The van der Waals surface area contributed by atoms with Crippen LogP contribution < -0.4 is 10.6 Å². The van der Waals surface area contributed by atoms with Crippen LogP contribution >= 0.6 is 19.9 Å². The van der Waals surface area contributed by atoms with Crippen molar-refractivity contribution in [3.05, 3.63) is 41.0 Å². The monoisotopic (exact) mass is 818 g/mol. The van der Waals surface area contributed by atoms with Gasteiger partial charge in [-0.2, -0.15) is 5.26 Å². The fourth-order valence-corrected chi connectivity index (χ4v) is 8.54. The van der Waals surface area contributed by atoms with E-state index in [9.17, 15) is 19.2 Å². The summed E-state index contributed by atoms with van der Waals surface area (Å²) in [5.41, 5.74) is 3.95. The van der Waals surface area contributed by atoms with Crippen molar-refractivity contribution in [1.82, 2.24) is 25.2 Å². The van der Waals surface area contributed by atoms with E-state index >= 15 is 0 Å². The molecule has 56 heavy (non-hydrogen) atoms. The van der Waals surface area contributed by atoms with Crippen LogP contribution in [0.25, 0.3) is 10.4 Å². The van der Waals surface area contributed by atoms with Crippen LogP contribution in [-0.4, -0.2) is 115 Å². The van der Waals surface area contributed by atoms with Gasteiger partial charge in [-0.25, -0.2) is 9.65 Å². The number of benzene rings is 1. The minimum atomic E-state index is -1.37. The number of aryl methyl sites for hydroxylation is 1. The van der Waals surface area contributed by atoms with E-state index in [-0.39, 0.29) is 83.6 Å². The Bertz CT molecular complexity index is 1600. The summed E-state index contributed by atoms with van der Waals surface area (Å²) in [4.78, 5) is 59.4. The first kappa shape index (κ1) is 46.8. The molecule has 3 rings (SSSR count). The predicted octanol–water partition coefficient (Wildman–Crippen LogP) is 5.12. The highest BCUT2D eigenvalue weighted by molar-refractivity contribution is 7.44. The summed E-state index contributed by atoms with van der Waals surface area (Å²) in [6, 6.07) is 8.37. The molecule has 17 heteroatoms. The standard InChI is InChI=1S/C39H59N6O9PS/c1-26(2)45(27(3)4)55(52-16-10-15-40)53-20-19-50-17-18-51-24-34(47)43-36(39(7,8)9)38(49)44-23-32(54-29(6)46)21-33(44)37(48)41-22-30-11-13-31(14-12-30)35-28(5)42-25-56-35/h11-14,25-27,32-33,36H,10,16-24H2,1-9H3,(H,41,48)(H,43,47)/t32?,33?,36-,55?/m1/s1. The molecule has 0 spiro atoms. The maximum Gasteiger partial charge on any atom is 0.302 e. The molecule has 0 bridgehead atoms. The third kappa shape index (κ3) is 14.8. The summed E-state index contributed by atoms with van der Waals surface area (Å²) in [5.74, 6) is -1.86. The van der Waals surface area contributed by atoms with Crippen molar-refractivity contribution in [3.63, 3.8) is 0 Å². The van der Waals surface area contributed by atoms with Gasteiger partial charge in [0, 0.05) is 32.0 Å². The van der Waals surface area contributed by atoms with Crippen molar-refractivity contribution in [1.29, 1.82) is 5.26 Å². The van der Waals surface area contributed by atoms with Crippen molar-refractivity contribution in [3.8, 4) is 16.5 Å². The number of thiazole rings is 1. The van der Waals surface area contributed by atoms with Gasteiger partial charge in [-0.1, -0.05) is 45.0 Å². The first-order valence-corrected chi connectivity index (χ1v) is 20.9. The fourth-order valence-electron chi connectivity index (χ4n) is 6.16. The van der Waals surface area contributed by atoms with Crippen molar-refractivity contribution in [2.45, 2.75) is 112 Å². The Morgan fingerprint density at radius 1 is 1.02 bits per heavy atom. The fraction of sp³-hybridized carbons (Fsp3) is 0.641. The minimum Gasteiger partial charge on any atom is -0.461 e. The average molecular weight is 819 g/mol. The zero-order valence-corrected chi connectivity index (χ0v) is 35.9. The number of nitrogens with zero attached hydrogens (tertiary/aromatic N) is 4. The molecule has 310 valence electrons. The first-order valence-electron chi connectivity index (χ1n) is 18.9. The summed E-state index contributed by atoms with van der Waals surface area (Å²) in [5, 5.41) is 14.6. The van der Waals surface area contributed by atoms with Gasteiger partial charge in [0.15, 0.2) is 0 Å². The number of likely N-dealkylation sites (tertiary alicyclic amines) is 1. The molecular formula is C39H59N6O9PS. The van der Waals surface area contributed by atoms with Crippen molar-refractivity contribution in [2.75, 3.05) is 46.2 Å². The number of nitriles is 1. The molecule has 1 fully saturated rings. The summed E-state index contributed by atoms with van der Waals surface area (Å²) < 4.78 is 30.6. The van der Waals surface area contributed by atoms with E-state index in [4.69, 9.17) is 28.5 Å². The number of aromatic nitrogens is 1. The van der Waals surface area contributed by atoms with E-state index in [2.05, 4.69) is 54.1 Å². The van der Waals surface area contributed by atoms with Crippen molar-refractivity contribution in [2.24, 2.45) is 5.41 Å². The van der Waals surface area contributed by atoms with Gasteiger partial charge < -0.3 is 38.8 Å². The Morgan fingerprint density at radius 3 is 2.25 bits per heavy atom. The van der Waals surface area contributed by atoms with Crippen LogP contribution in [0.2, 0.25) is 0 Å². The lowest BCUT2D eigenvalue weighted by atomic mass is 9.85. The second kappa shape index (κ2) is 23.0. The number of amides is 3. The molecule has 2 aromatic rings. The molecular weight excluding hydrogens is 760 g/mol. The van der Waals surface area contributed by atoms with E-state index < -0.39 is 49.9 Å². The van der Waals surface area contributed by atoms with Crippen LogP contribution in [0, 0.1) is 23.7 Å². The molecule has 0 radical (unpaired) electrons. The largest absolute Gasteiger partial charge is 0.461 e. The summed E-state index contributed by atoms with van der Waals surface area (Å²) in [7, 11) is -1.37. The third-order valence-electron chi connectivity index (χ3n) is 8.72. The van der Waals surface area contributed by atoms with E-state index in [1.165, 1.54) is 11.8 Å². The molecule has 2 heterocycles. The Balaban J connectivity index is 1.52. The molecule has 4 atom stereocenters. The second-order valence-corrected chi connectivity index (χ2v) is 17.4. The third-order valence-corrected chi connectivity index (χ3v) is 11.8. The van der Waals surface area contributed by atoms with Crippen LogP contribution in [0.1, 0.15) is 79.5 Å². The number of esters is 1. The SMILES string of the molecule is CC(=O)OC1CC(C(=O)NCc2ccc(-c3scnc3C)cc2)N(C(=O)[C@@H](NC(=O)COCCOCCOP(OCCC#N)N(C(C)C)C(C)C)C(C)(C)C)C1. The lowest BCUT2D eigenvalue weighted by Crippen LogP contribution is -2.58. The number of hydrogen-bond donors (Lipinski definition) is 2. The van der Waals surface area contributed by atoms with E-state index in [0.29, 0.717) is 0 Å². The van der Waals surface area contributed by atoms with Crippen LogP contribution in [0.4, 0.5) is 0 Å². The summed E-state index contributed by atoms with van der Waals surface area (Å²) in [6.45, 7) is 18.1. The molecule has 0 saturated carbocycles. The van der Waals surface area contributed by atoms with Gasteiger partial charge in [-0.05, 0) is 51.2 Å². The Morgan fingerprint density at radius 2 is 1.66 bits per heavy atom. The first-order chi connectivity index (χ1) is 26.5. The highest BCUT2D eigenvalue weighted by atomic mass is 32.1. The quantitative estimate of drug-likeness (QED) is 0.0911. The number of hydrogen-bond acceptors (Lipinski definition) is 13. The number of carbonyl (C=O) groups is 4. The molecule has 1 aliphatic rings. The van der Waals surface area contributed by atoms with Gasteiger partial charge in [0.2, 0.25) is 17.7 Å². The molecule has 3 amide bonds. The van der Waals surface area contributed by atoms with Crippen molar-refractivity contribution < 1.29 is 42.4 Å². The van der Waals surface area contributed by atoms with Crippen LogP contribution in [0.15, 0.2) is 29.8 Å². The minimum absolute atomic E-state index is 0.0142. The lowest BCUT2D eigenvalue weighted by molar-refractivity contribution is -0.147. The van der Waals surface area contributed by atoms with Gasteiger partial charge in [-0.15, -0.1) is 11.3 Å². The van der Waals surface area contributed by atoms with Crippen LogP contribution in [-0.2, 0) is 49.0 Å². The van der Waals surface area contributed by atoms with Gasteiger partial charge in [0.05, 0.1) is 68.2 Å². The second-order valence-electron chi connectivity index (χ2n) is 15.1. The lowest BCUT2D eigenvalue weighted by Gasteiger charge is -2.35. The normalized spacial score (nSPS) is 16.9. The molecule has 1 aromatic heterocycles. The predicted molar refractivity (Wildman–Crippen MR) is 214 cm³/mol. The summed E-state index contributed by atoms with van der Waals surface area (Å²) in [6.07, 6.45) is -0.272. The molecule has 3 unspecified atom stereocenters. The number of carbonyl (C=O) groups excluding carboxylic acids is 4. The maximum absolute atomic E-state index is 14.1. The molecule has 15 nitrogen and oxygen atoms in total. The topological polar surface area (TPSA) is 182 Å². The van der Waals surface area contributed by atoms with Crippen molar-refractivity contribution >= 4 is 43.6 Å². The Hall–Kier alpha value is -3.55. The summed E-state index contributed by atoms with van der Waals surface area (Å²) >= 11 is 1.56. The average Bonchev–Trinajstić information content (AvgIpc) is 3.75. The van der Waals surface area contributed by atoms with Crippen LogP contribution in [0.5, 0.6) is 0 Å². The highest BCUT2D eigenvalue weighted by Crippen LogP contribution is 2.45. The number of nitrogens with one attached hydrogen (secondary N) is 2. The molecule has 1 aliphatic heterocycles. The number of ether oxygens (including phenoxy) is 3. The van der Waals surface area contributed by atoms with E-state index in [1.54, 1.807) is 16.8 Å². The Labute approximate surface area is 336 Å². The maximum atomic E-state index is 14.1. The smallest absolute Gasteiger partial charge is 0.302 e. The van der Waals surface area contributed by atoms with Gasteiger partial charge in [-0.3, -0.25) is 19.2 Å². The zero-order chi connectivity index (χ0) is 41.4.